The molecule has 0 aliphatic rings. The van der Waals surface area contributed by atoms with Crippen molar-refractivity contribution < 1.29 is 0 Å². The fraction of sp³-hybridized carbons (Fsp3) is 0.875. The van der Waals surface area contributed by atoms with Crippen molar-refractivity contribution >= 4 is 29.1 Å². The summed E-state index contributed by atoms with van der Waals surface area (Å²) in [5.41, 5.74) is 0. The Morgan fingerprint density at radius 1 is 1.33 bits per heavy atom. The standard InChI is InChI=1S/C6H14N2S2.C2H6/c1-3-7-6(9)8-4-5-10-2;1-2/h3-5H2,1-2H3,(H2,7,8,9);1-2H3. The van der Waals surface area contributed by atoms with Crippen LogP contribution < -0.4 is 10.6 Å². The number of hydrogen-bond donors (Lipinski definition) is 2. The second-order valence-corrected chi connectivity index (χ2v) is 3.17. The molecule has 2 N–H and O–H groups in total. The molecule has 0 atom stereocenters. The van der Waals surface area contributed by atoms with E-state index in [1.165, 1.54) is 0 Å². The Morgan fingerprint density at radius 2 is 1.92 bits per heavy atom. The zero-order valence-electron chi connectivity index (χ0n) is 8.44. The summed E-state index contributed by atoms with van der Waals surface area (Å²) in [6.07, 6.45) is 2.08. The quantitative estimate of drug-likeness (QED) is 0.544. The van der Waals surface area contributed by atoms with Crippen LogP contribution in [0.3, 0.4) is 0 Å². The zero-order valence-corrected chi connectivity index (χ0v) is 10.1. The van der Waals surface area contributed by atoms with Crippen molar-refractivity contribution in [1.29, 1.82) is 0 Å². The van der Waals surface area contributed by atoms with Crippen molar-refractivity contribution in [2.24, 2.45) is 0 Å². The fourth-order valence-electron chi connectivity index (χ4n) is 0.490. The summed E-state index contributed by atoms with van der Waals surface area (Å²) in [7, 11) is 0. The highest BCUT2D eigenvalue weighted by molar-refractivity contribution is 7.98. The van der Waals surface area contributed by atoms with Gasteiger partial charge >= 0.3 is 0 Å². The second kappa shape index (κ2) is 13.6. The highest BCUT2D eigenvalue weighted by Crippen LogP contribution is 1.86. The van der Waals surface area contributed by atoms with Gasteiger partial charge in [-0.1, -0.05) is 13.8 Å². The van der Waals surface area contributed by atoms with Crippen LogP contribution in [-0.2, 0) is 0 Å². The molecule has 74 valence electrons. The minimum atomic E-state index is 0.761. The summed E-state index contributed by atoms with van der Waals surface area (Å²) in [5.74, 6) is 1.10. The van der Waals surface area contributed by atoms with Crippen molar-refractivity contribution in [2.45, 2.75) is 20.8 Å². The van der Waals surface area contributed by atoms with Crippen LogP contribution in [0.25, 0.3) is 0 Å². The Morgan fingerprint density at radius 3 is 2.33 bits per heavy atom. The van der Waals surface area contributed by atoms with Gasteiger partial charge in [-0.05, 0) is 25.4 Å². The molecule has 0 saturated carbocycles. The van der Waals surface area contributed by atoms with Crippen LogP contribution >= 0.6 is 24.0 Å². The molecule has 0 saturated heterocycles. The molecule has 0 aromatic heterocycles. The normalized spacial score (nSPS) is 8.00. The van der Waals surface area contributed by atoms with Crippen molar-refractivity contribution in [3.8, 4) is 0 Å². The number of hydrogen-bond acceptors (Lipinski definition) is 2. The number of nitrogens with one attached hydrogen (secondary N) is 2. The van der Waals surface area contributed by atoms with Gasteiger partial charge < -0.3 is 10.6 Å². The predicted molar refractivity (Wildman–Crippen MR) is 64.0 cm³/mol. The first-order valence-electron chi connectivity index (χ1n) is 4.32. The molecule has 0 amide bonds. The van der Waals surface area contributed by atoms with Crippen LogP contribution in [0.2, 0.25) is 0 Å². The summed E-state index contributed by atoms with van der Waals surface area (Å²) in [6, 6.07) is 0. The van der Waals surface area contributed by atoms with Crippen LogP contribution in [0.5, 0.6) is 0 Å². The molecular weight excluding hydrogens is 188 g/mol. The lowest BCUT2D eigenvalue weighted by Gasteiger charge is -2.06. The van der Waals surface area contributed by atoms with Gasteiger partial charge in [0, 0.05) is 18.8 Å². The molecule has 2 nitrogen and oxygen atoms in total. The van der Waals surface area contributed by atoms with Gasteiger partial charge in [0.15, 0.2) is 5.11 Å². The summed E-state index contributed by atoms with van der Waals surface area (Å²) < 4.78 is 0. The first-order valence-corrected chi connectivity index (χ1v) is 6.12. The van der Waals surface area contributed by atoms with E-state index in [1.54, 1.807) is 0 Å². The largest absolute Gasteiger partial charge is 0.363 e. The summed E-state index contributed by atoms with van der Waals surface area (Å²) in [6.45, 7) is 7.88. The Labute approximate surface area is 85.9 Å². The van der Waals surface area contributed by atoms with Gasteiger partial charge in [-0.15, -0.1) is 0 Å². The highest BCUT2D eigenvalue weighted by Gasteiger charge is 1.89. The van der Waals surface area contributed by atoms with Gasteiger partial charge in [0.25, 0.3) is 0 Å². The van der Waals surface area contributed by atoms with Crippen molar-refractivity contribution in [3.63, 3.8) is 0 Å². The number of rotatable bonds is 4. The van der Waals surface area contributed by atoms with E-state index in [0.717, 1.165) is 24.0 Å². The third-order valence-corrected chi connectivity index (χ3v) is 1.83. The summed E-state index contributed by atoms with van der Waals surface area (Å²) >= 11 is 6.75. The molecular formula is C8H20N2S2. The van der Waals surface area contributed by atoms with E-state index in [-0.39, 0.29) is 0 Å². The van der Waals surface area contributed by atoms with Crippen molar-refractivity contribution in [3.05, 3.63) is 0 Å². The molecule has 0 aliphatic carbocycles. The maximum absolute atomic E-state index is 4.94. The summed E-state index contributed by atoms with van der Waals surface area (Å²) in [4.78, 5) is 0. The van der Waals surface area contributed by atoms with E-state index < -0.39 is 0 Å². The molecule has 0 spiro atoms. The van der Waals surface area contributed by atoms with Gasteiger partial charge in [0.1, 0.15) is 0 Å². The third kappa shape index (κ3) is 12.7. The van der Waals surface area contributed by atoms with Crippen LogP contribution in [0.1, 0.15) is 20.8 Å². The average Bonchev–Trinajstić information content (AvgIpc) is 2.09. The molecule has 0 heterocycles. The van der Waals surface area contributed by atoms with Crippen LogP contribution in [0.15, 0.2) is 0 Å². The second-order valence-electron chi connectivity index (χ2n) is 1.78. The average molecular weight is 208 g/mol. The predicted octanol–water partition coefficient (Wildman–Crippen LogP) is 1.86. The third-order valence-electron chi connectivity index (χ3n) is 0.929. The van der Waals surface area contributed by atoms with Crippen LogP contribution in [0, 0.1) is 0 Å². The van der Waals surface area contributed by atoms with E-state index in [1.807, 2.05) is 32.5 Å². The highest BCUT2D eigenvalue weighted by atomic mass is 32.2. The SMILES string of the molecule is CC.CCNC(=S)NCCSC. The lowest BCUT2D eigenvalue weighted by molar-refractivity contribution is 0.888. The van der Waals surface area contributed by atoms with E-state index in [2.05, 4.69) is 16.9 Å². The van der Waals surface area contributed by atoms with Gasteiger partial charge in [0.2, 0.25) is 0 Å². The van der Waals surface area contributed by atoms with E-state index in [4.69, 9.17) is 12.2 Å². The Bertz CT molecular complexity index is 97.1. The lowest BCUT2D eigenvalue weighted by Crippen LogP contribution is -2.36. The molecule has 0 rings (SSSR count). The zero-order chi connectivity index (χ0) is 9.82. The topological polar surface area (TPSA) is 24.1 Å². The maximum Gasteiger partial charge on any atom is 0.166 e. The van der Waals surface area contributed by atoms with Crippen molar-refractivity contribution in [2.75, 3.05) is 25.1 Å². The van der Waals surface area contributed by atoms with Gasteiger partial charge in [-0.2, -0.15) is 11.8 Å². The first-order chi connectivity index (χ1) is 5.81. The number of thioether (sulfide) groups is 1. The Kier molecular flexibility index (Phi) is 16.5. The molecule has 0 aromatic rings. The van der Waals surface area contributed by atoms with Crippen LogP contribution in [0.4, 0.5) is 0 Å². The van der Waals surface area contributed by atoms with Crippen molar-refractivity contribution in [1.82, 2.24) is 10.6 Å². The Hall–Kier alpha value is 0.0400. The first kappa shape index (κ1) is 14.6. The maximum atomic E-state index is 4.94. The number of thiocarbonyl (C=S) groups is 1. The van der Waals surface area contributed by atoms with Gasteiger partial charge in [0.05, 0.1) is 0 Å². The molecule has 0 aromatic carbocycles. The molecule has 0 fully saturated rings. The molecule has 0 radical (unpaired) electrons. The van der Waals surface area contributed by atoms with Gasteiger partial charge in [-0.3, -0.25) is 0 Å². The molecule has 12 heavy (non-hydrogen) atoms. The molecule has 0 unspecified atom stereocenters. The molecule has 4 heteroatoms. The Balaban J connectivity index is 0. The molecule has 0 aliphatic heterocycles. The fourth-order valence-corrected chi connectivity index (χ4v) is 1.04. The summed E-state index contributed by atoms with van der Waals surface area (Å²) in [5, 5.41) is 6.86. The molecule has 0 bridgehead atoms. The smallest absolute Gasteiger partial charge is 0.166 e. The van der Waals surface area contributed by atoms with E-state index >= 15 is 0 Å². The van der Waals surface area contributed by atoms with Gasteiger partial charge in [-0.25, -0.2) is 0 Å². The lowest BCUT2D eigenvalue weighted by atomic mass is 10.7. The monoisotopic (exact) mass is 208 g/mol. The minimum absolute atomic E-state index is 0.761. The van der Waals surface area contributed by atoms with Crippen LogP contribution in [-0.4, -0.2) is 30.2 Å². The minimum Gasteiger partial charge on any atom is -0.363 e. The van der Waals surface area contributed by atoms with E-state index in [0.29, 0.717) is 0 Å². The van der Waals surface area contributed by atoms with E-state index in [9.17, 15) is 0 Å².